The van der Waals surface area contributed by atoms with E-state index in [1.807, 2.05) is 0 Å². The van der Waals surface area contributed by atoms with Gasteiger partial charge in [0.2, 0.25) is 0 Å². The van der Waals surface area contributed by atoms with E-state index in [9.17, 15) is 0 Å². The van der Waals surface area contributed by atoms with Crippen LogP contribution in [-0.2, 0) is 0 Å². The molecule has 2 heterocycles. The van der Waals surface area contributed by atoms with Crippen LogP contribution in [0.2, 0.25) is 0 Å². The van der Waals surface area contributed by atoms with Crippen molar-refractivity contribution in [2.75, 3.05) is 33.2 Å². The van der Waals surface area contributed by atoms with Gasteiger partial charge < -0.3 is 9.80 Å². The standard InChI is InChI=1S/C13H26N2/c1-14-11-7-13(8-12-14)15-9-5-3-2-4-6-10-15/h13H,2-12H2,1H3. The summed E-state index contributed by atoms with van der Waals surface area (Å²) in [5, 5.41) is 0. The molecule has 0 aromatic carbocycles. The van der Waals surface area contributed by atoms with Gasteiger partial charge in [0.1, 0.15) is 0 Å². The number of hydrogen-bond donors (Lipinski definition) is 0. The first kappa shape index (κ1) is 11.4. The molecule has 0 bridgehead atoms. The molecule has 0 N–H and O–H groups in total. The summed E-state index contributed by atoms with van der Waals surface area (Å²) in [4.78, 5) is 5.26. The molecule has 2 nitrogen and oxygen atoms in total. The summed E-state index contributed by atoms with van der Waals surface area (Å²) in [6.07, 6.45) is 10.1. The summed E-state index contributed by atoms with van der Waals surface area (Å²) in [6, 6.07) is 0.902. The van der Waals surface area contributed by atoms with Crippen LogP contribution in [0, 0.1) is 0 Å². The highest BCUT2D eigenvalue weighted by molar-refractivity contribution is 4.79. The lowest BCUT2D eigenvalue weighted by Gasteiger charge is -2.38. The van der Waals surface area contributed by atoms with Crippen molar-refractivity contribution in [1.82, 2.24) is 9.80 Å². The molecule has 0 spiro atoms. The maximum atomic E-state index is 2.78. The molecule has 2 aliphatic rings. The Kier molecular flexibility index (Phi) is 4.45. The van der Waals surface area contributed by atoms with E-state index < -0.39 is 0 Å². The predicted octanol–water partition coefficient (Wildman–Crippen LogP) is 2.35. The number of likely N-dealkylation sites (tertiary alicyclic amines) is 2. The largest absolute Gasteiger partial charge is 0.306 e. The highest BCUT2D eigenvalue weighted by Crippen LogP contribution is 2.19. The number of nitrogens with zero attached hydrogens (tertiary/aromatic N) is 2. The molecule has 0 unspecified atom stereocenters. The van der Waals surface area contributed by atoms with Crippen LogP contribution in [0.25, 0.3) is 0 Å². The lowest BCUT2D eigenvalue weighted by atomic mass is 10.0. The molecule has 0 amide bonds. The zero-order valence-electron chi connectivity index (χ0n) is 10.2. The van der Waals surface area contributed by atoms with E-state index in [0.717, 1.165) is 6.04 Å². The second-order valence-electron chi connectivity index (χ2n) is 5.34. The molecule has 15 heavy (non-hydrogen) atoms. The van der Waals surface area contributed by atoms with Crippen LogP contribution < -0.4 is 0 Å². The highest BCUT2D eigenvalue weighted by atomic mass is 15.2. The first-order chi connectivity index (χ1) is 7.36. The fourth-order valence-corrected chi connectivity index (χ4v) is 3.00. The minimum Gasteiger partial charge on any atom is -0.306 e. The molecule has 2 rings (SSSR count). The molecule has 2 fully saturated rings. The zero-order valence-corrected chi connectivity index (χ0v) is 10.2. The van der Waals surface area contributed by atoms with Gasteiger partial charge in [0.25, 0.3) is 0 Å². The van der Waals surface area contributed by atoms with Gasteiger partial charge >= 0.3 is 0 Å². The van der Waals surface area contributed by atoms with Crippen molar-refractivity contribution in [3.8, 4) is 0 Å². The Balaban J connectivity index is 1.79. The molecule has 2 heteroatoms. The van der Waals surface area contributed by atoms with Crippen molar-refractivity contribution in [3.05, 3.63) is 0 Å². The summed E-state index contributed by atoms with van der Waals surface area (Å²) >= 11 is 0. The van der Waals surface area contributed by atoms with Crippen molar-refractivity contribution in [3.63, 3.8) is 0 Å². The first-order valence-electron chi connectivity index (χ1n) is 6.79. The summed E-state index contributed by atoms with van der Waals surface area (Å²) in [7, 11) is 2.25. The van der Waals surface area contributed by atoms with Crippen molar-refractivity contribution in [2.45, 2.75) is 51.0 Å². The molecule has 0 atom stereocenters. The van der Waals surface area contributed by atoms with Gasteiger partial charge in [-0.1, -0.05) is 19.3 Å². The second-order valence-corrected chi connectivity index (χ2v) is 5.34. The van der Waals surface area contributed by atoms with Gasteiger partial charge in [-0.05, 0) is 58.9 Å². The monoisotopic (exact) mass is 210 g/mol. The number of rotatable bonds is 1. The van der Waals surface area contributed by atoms with Crippen molar-refractivity contribution < 1.29 is 0 Å². The summed E-state index contributed by atoms with van der Waals surface area (Å²) in [5.41, 5.74) is 0. The second kappa shape index (κ2) is 5.86. The van der Waals surface area contributed by atoms with Gasteiger partial charge in [0, 0.05) is 6.04 Å². The summed E-state index contributed by atoms with van der Waals surface area (Å²) < 4.78 is 0. The third-order valence-corrected chi connectivity index (χ3v) is 4.10. The van der Waals surface area contributed by atoms with Crippen LogP contribution in [0.3, 0.4) is 0 Å². The van der Waals surface area contributed by atoms with Crippen LogP contribution in [0.4, 0.5) is 0 Å². The van der Waals surface area contributed by atoms with Gasteiger partial charge in [0.15, 0.2) is 0 Å². The van der Waals surface area contributed by atoms with E-state index in [-0.39, 0.29) is 0 Å². The van der Waals surface area contributed by atoms with Crippen LogP contribution in [0.1, 0.15) is 44.9 Å². The minimum atomic E-state index is 0.902. The van der Waals surface area contributed by atoms with E-state index in [1.54, 1.807) is 0 Å². The maximum Gasteiger partial charge on any atom is 0.0120 e. The third-order valence-electron chi connectivity index (χ3n) is 4.10. The number of hydrogen-bond acceptors (Lipinski definition) is 2. The molecule has 2 aliphatic heterocycles. The maximum absolute atomic E-state index is 2.78. The predicted molar refractivity (Wildman–Crippen MR) is 65.2 cm³/mol. The average Bonchev–Trinajstić information content (AvgIpc) is 2.19. The molecule has 2 saturated heterocycles. The van der Waals surface area contributed by atoms with E-state index >= 15 is 0 Å². The molecule has 88 valence electrons. The Morgan fingerprint density at radius 3 is 1.87 bits per heavy atom. The van der Waals surface area contributed by atoms with Crippen LogP contribution >= 0.6 is 0 Å². The Morgan fingerprint density at radius 2 is 1.27 bits per heavy atom. The average molecular weight is 210 g/mol. The lowest BCUT2D eigenvalue weighted by molar-refractivity contribution is 0.112. The Hall–Kier alpha value is -0.0800. The number of piperidine rings is 1. The van der Waals surface area contributed by atoms with Crippen molar-refractivity contribution in [1.29, 1.82) is 0 Å². The van der Waals surface area contributed by atoms with Crippen LogP contribution in [0.15, 0.2) is 0 Å². The van der Waals surface area contributed by atoms with Gasteiger partial charge in [-0.25, -0.2) is 0 Å². The van der Waals surface area contributed by atoms with Crippen LogP contribution in [-0.4, -0.2) is 49.1 Å². The van der Waals surface area contributed by atoms with Gasteiger partial charge in [-0.2, -0.15) is 0 Å². The van der Waals surface area contributed by atoms with E-state index in [2.05, 4.69) is 16.8 Å². The van der Waals surface area contributed by atoms with Crippen LogP contribution in [0.5, 0.6) is 0 Å². The SMILES string of the molecule is CN1CCC(N2CCCCCCC2)CC1. The summed E-state index contributed by atoms with van der Waals surface area (Å²) in [5.74, 6) is 0. The Bertz CT molecular complexity index is 165. The minimum absolute atomic E-state index is 0.902. The topological polar surface area (TPSA) is 6.48 Å². The molecular formula is C13H26N2. The fraction of sp³-hybridized carbons (Fsp3) is 1.00. The van der Waals surface area contributed by atoms with E-state index in [1.165, 1.54) is 71.1 Å². The highest BCUT2D eigenvalue weighted by Gasteiger charge is 2.22. The smallest absolute Gasteiger partial charge is 0.0120 e. The molecule has 0 aromatic heterocycles. The zero-order chi connectivity index (χ0) is 10.5. The molecule has 0 aromatic rings. The van der Waals surface area contributed by atoms with Gasteiger partial charge in [0.05, 0.1) is 0 Å². The molecule has 0 saturated carbocycles. The van der Waals surface area contributed by atoms with E-state index in [4.69, 9.17) is 0 Å². The quantitative estimate of drug-likeness (QED) is 0.655. The van der Waals surface area contributed by atoms with Gasteiger partial charge in [-0.15, -0.1) is 0 Å². The third kappa shape index (κ3) is 3.46. The van der Waals surface area contributed by atoms with Crippen molar-refractivity contribution in [2.24, 2.45) is 0 Å². The summed E-state index contributed by atoms with van der Waals surface area (Å²) in [6.45, 7) is 5.35. The Morgan fingerprint density at radius 1 is 0.733 bits per heavy atom. The molecule has 0 aliphatic carbocycles. The van der Waals surface area contributed by atoms with E-state index in [0.29, 0.717) is 0 Å². The lowest BCUT2D eigenvalue weighted by Crippen LogP contribution is -2.44. The normalized spacial score (nSPS) is 28.6. The first-order valence-corrected chi connectivity index (χ1v) is 6.79. The molecule has 0 radical (unpaired) electrons. The van der Waals surface area contributed by atoms with Crippen molar-refractivity contribution >= 4 is 0 Å². The van der Waals surface area contributed by atoms with Gasteiger partial charge in [-0.3, -0.25) is 0 Å². The fourth-order valence-electron chi connectivity index (χ4n) is 3.00. The molecular weight excluding hydrogens is 184 g/mol. The Labute approximate surface area is 94.6 Å².